The van der Waals surface area contributed by atoms with Crippen molar-refractivity contribution in [2.24, 2.45) is 0 Å². The fourth-order valence-electron chi connectivity index (χ4n) is 2.16. The molecule has 0 aromatic rings. The summed E-state index contributed by atoms with van der Waals surface area (Å²) < 4.78 is 5.36. The summed E-state index contributed by atoms with van der Waals surface area (Å²) in [6.07, 6.45) is 1.76. The maximum absolute atomic E-state index is 11.7. The van der Waals surface area contributed by atoms with Crippen LogP contribution in [-0.4, -0.2) is 53.0 Å². The van der Waals surface area contributed by atoms with Crippen molar-refractivity contribution < 1.29 is 29.3 Å². The summed E-state index contributed by atoms with van der Waals surface area (Å²) >= 11 is 0. The molecule has 2 amide bonds. The SMILES string of the molecule is CCOC1CC(NC(=O)N[C@H](CCCC(=O)O)C(=O)O)C1. The van der Waals surface area contributed by atoms with Crippen LogP contribution in [-0.2, 0) is 14.3 Å². The predicted molar refractivity (Wildman–Crippen MR) is 73.0 cm³/mol. The number of carbonyl (C=O) groups is 3. The molecule has 1 aliphatic rings. The number of carboxylic acids is 2. The average molecular weight is 302 g/mol. The Morgan fingerprint density at radius 1 is 1.29 bits per heavy atom. The first-order chi connectivity index (χ1) is 9.92. The number of amides is 2. The average Bonchev–Trinajstić information content (AvgIpc) is 2.34. The Labute approximate surface area is 122 Å². The minimum absolute atomic E-state index is 0.00462. The number of hydrogen-bond acceptors (Lipinski definition) is 4. The molecule has 8 heteroatoms. The minimum Gasteiger partial charge on any atom is -0.481 e. The number of rotatable bonds is 9. The zero-order valence-electron chi connectivity index (χ0n) is 12.0. The molecule has 1 aliphatic carbocycles. The topological polar surface area (TPSA) is 125 Å². The number of hydrogen-bond donors (Lipinski definition) is 4. The lowest BCUT2D eigenvalue weighted by Crippen LogP contribution is -2.54. The Morgan fingerprint density at radius 3 is 2.48 bits per heavy atom. The van der Waals surface area contributed by atoms with Crippen molar-refractivity contribution in [2.45, 2.75) is 57.2 Å². The van der Waals surface area contributed by atoms with Gasteiger partial charge in [0.05, 0.1) is 6.10 Å². The van der Waals surface area contributed by atoms with Crippen LogP contribution < -0.4 is 10.6 Å². The van der Waals surface area contributed by atoms with E-state index in [2.05, 4.69) is 10.6 Å². The molecule has 0 aliphatic heterocycles. The van der Waals surface area contributed by atoms with Gasteiger partial charge >= 0.3 is 18.0 Å². The van der Waals surface area contributed by atoms with Crippen LogP contribution in [0.15, 0.2) is 0 Å². The van der Waals surface area contributed by atoms with E-state index < -0.39 is 24.0 Å². The van der Waals surface area contributed by atoms with Gasteiger partial charge in [0.1, 0.15) is 6.04 Å². The maximum Gasteiger partial charge on any atom is 0.326 e. The van der Waals surface area contributed by atoms with Crippen molar-refractivity contribution >= 4 is 18.0 Å². The van der Waals surface area contributed by atoms with E-state index in [1.165, 1.54) is 0 Å². The van der Waals surface area contributed by atoms with E-state index in [0.717, 1.165) is 12.8 Å². The van der Waals surface area contributed by atoms with E-state index in [9.17, 15) is 14.4 Å². The normalized spacial score (nSPS) is 22.0. The molecule has 0 aromatic heterocycles. The lowest BCUT2D eigenvalue weighted by molar-refractivity contribution is -0.140. The summed E-state index contributed by atoms with van der Waals surface area (Å²) in [7, 11) is 0. The molecule has 0 radical (unpaired) electrons. The maximum atomic E-state index is 11.7. The molecule has 1 rings (SSSR count). The van der Waals surface area contributed by atoms with E-state index in [0.29, 0.717) is 6.61 Å². The number of aliphatic carboxylic acids is 2. The molecule has 0 bridgehead atoms. The number of urea groups is 1. The van der Waals surface area contributed by atoms with Crippen molar-refractivity contribution in [3.63, 3.8) is 0 Å². The Bertz CT molecular complexity index is 381. The van der Waals surface area contributed by atoms with Gasteiger partial charge in [-0.3, -0.25) is 4.79 Å². The first-order valence-corrected chi connectivity index (χ1v) is 7.05. The predicted octanol–water partition coefficient (Wildman–Crippen LogP) is 0.561. The molecule has 0 heterocycles. The van der Waals surface area contributed by atoms with Crippen molar-refractivity contribution in [1.29, 1.82) is 0 Å². The van der Waals surface area contributed by atoms with E-state index in [4.69, 9.17) is 14.9 Å². The molecule has 1 fully saturated rings. The van der Waals surface area contributed by atoms with Gasteiger partial charge in [-0.15, -0.1) is 0 Å². The largest absolute Gasteiger partial charge is 0.481 e. The van der Waals surface area contributed by atoms with Crippen LogP contribution in [0.3, 0.4) is 0 Å². The van der Waals surface area contributed by atoms with Gasteiger partial charge in [0.2, 0.25) is 0 Å². The molecule has 0 aromatic carbocycles. The smallest absolute Gasteiger partial charge is 0.326 e. The van der Waals surface area contributed by atoms with E-state index in [-0.39, 0.29) is 31.4 Å². The monoisotopic (exact) mass is 302 g/mol. The van der Waals surface area contributed by atoms with Gasteiger partial charge in [-0.05, 0) is 32.6 Å². The first-order valence-electron chi connectivity index (χ1n) is 7.05. The molecule has 8 nitrogen and oxygen atoms in total. The fourth-order valence-corrected chi connectivity index (χ4v) is 2.16. The number of carbonyl (C=O) groups excluding carboxylic acids is 1. The molecular weight excluding hydrogens is 280 g/mol. The van der Waals surface area contributed by atoms with Crippen LogP contribution in [0.1, 0.15) is 39.0 Å². The standard InChI is InChI=1S/C13H22N2O6/c1-2-21-9-6-8(7-9)14-13(20)15-10(12(18)19)4-3-5-11(16)17/h8-10H,2-7H2,1H3,(H,16,17)(H,18,19)(H2,14,15,20)/t8?,9?,10-/m1/s1. The zero-order valence-corrected chi connectivity index (χ0v) is 12.0. The van der Waals surface area contributed by atoms with Crippen molar-refractivity contribution in [1.82, 2.24) is 10.6 Å². The summed E-state index contributed by atoms with van der Waals surface area (Å²) in [5.41, 5.74) is 0. The molecule has 4 N–H and O–H groups in total. The van der Waals surface area contributed by atoms with Gasteiger partial charge in [-0.1, -0.05) is 0 Å². The summed E-state index contributed by atoms with van der Waals surface area (Å²) in [6, 6.07) is -1.63. The molecule has 21 heavy (non-hydrogen) atoms. The minimum atomic E-state index is -1.17. The van der Waals surface area contributed by atoms with Crippen LogP contribution >= 0.6 is 0 Å². The van der Waals surface area contributed by atoms with Gasteiger partial charge in [-0.25, -0.2) is 9.59 Å². The van der Waals surface area contributed by atoms with Gasteiger partial charge in [0, 0.05) is 19.1 Å². The van der Waals surface area contributed by atoms with Gasteiger partial charge in [0.25, 0.3) is 0 Å². The summed E-state index contributed by atoms with van der Waals surface area (Å²) in [4.78, 5) is 33.1. The van der Waals surface area contributed by atoms with Crippen LogP contribution in [0.5, 0.6) is 0 Å². The second-order valence-corrected chi connectivity index (χ2v) is 5.04. The number of ether oxygens (including phenoxy) is 1. The highest BCUT2D eigenvalue weighted by Crippen LogP contribution is 2.22. The highest BCUT2D eigenvalue weighted by atomic mass is 16.5. The van der Waals surface area contributed by atoms with Crippen LogP contribution in [0.4, 0.5) is 4.79 Å². The highest BCUT2D eigenvalue weighted by molar-refractivity contribution is 5.82. The summed E-state index contributed by atoms with van der Waals surface area (Å²) in [5.74, 6) is -2.16. The Hall–Kier alpha value is -1.83. The van der Waals surface area contributed by atoms with Crippen molar-refractivity contribution in [3.05, 3.63) is 0 Å². The lowest BCUT2D eigenvalue weighted by Gasteiger charge is -2.35. The van der Waals surface area contributed by atoms with Gasteiger partial charge in [-0.2, -0.15) is 0 Å². The zero-order chi connectivity index (χ0) is 15.8. The lowest BCUT2D eigenvalue weighted by atomic mass is 9.89. The van der Waals surface area contributed by atoms with Gasteiger partial charge in [0.15, 0.2) is 0 Å². The first kappa shape index (κ1) is 17.2. The molecular formula is C13H22N2O6. The third-order valence-electron chi connectivity index (χ3n) is 3.32. The second kappa shape index (κ2) is 8.46. The Balaban J connectivity index is 2.26. The Kier molecular flexibility index (Phi) is 6.93. The third kappa shape index (κ3) is 6.44. The van der Waals surface area contributed by atoms with Crippen molar-refractivity contribution in [2.75, 3.05) is 6.61 Å². The molecule has 120 valence electrons. The molecule has 1 saturated carbocycles. The highest BCUT2D eigenvalue weighted by Gasteiger charge is 2.31. The Morgan fingerprint density at radius 2 is 1.95 bits per heavy atom. The molecule has 0 unspecified atom stereocenters. The van der Waals surface area contributed by atoms with E-state index >= 15 is 0 Å². The number of nitrogens with one attached hydrogen (secondary N) is 2. The van der Waals surface area contributed by atoms with E-state index in [1.54, 1.807) is 0 Å². The fraction of sp³-hybridized carbons (Fsp3) is 0.769. The quantitative estimate of drug-likeness (QED) is 0.493. The van der Waals surface area contributed by atoms with Crippen molar-refractivity contribution in [3.8, 4) is 0 Å². The summed E-state index contributed by atoms with van der Waals surface area (Å²) in [5, 5.41) is 22.5. The van der Waals surface area contributed by atoms with Crippen LogP contribution in [0.2, 0.25) is 0 Å². The van der Waals surface area contributed by atoms with Crippen LogP contribution in [0.25, 0.3) is 0 Å². The molecule has 1 atom stereocenters. The molecule has 0 saturated heterocycles. The number of carboxylic acid groups (broad SMARTS) is 2. The summed E-state index contributed by atoms with van der Waals surface area (Å²) in [6.45, 7) is 2.54. The second-order valence-electron chi connectivity index (χ2n) is 5.04. The molecule has 0 spiro atoms. The van der Waals surface area contributed by atoms with Gasteiger partial charge < -0.3 is 25.6 Å². The van der Waals surface area contributed by atoms with Crippen LogP contribution in [0, 0.1) is 0 Å². The third-order valence-corrected chi connectivity index (χ3v) is 3.32. The van der Waals surface area contributed by atoms with E-state index in [1.807, 2.05) is 6.92 Å².